The number of carbonyl (C=O) groups is 1. The Kier molecular flexibility index (Phi) is 3.76. The van der Waals surface area contributed by atoms with E-state index < -0.39 is 6.10 Å². The van der Waals surface area contributed by atoms with Crippen molar-refractivity contribution >= 4 is 11.6 Å². The summed E-state index contributed by atoms with van der Waals surface area (Å²) in [4.78, 5) is 14.6. The molecular weight excluding hydrogens is 262 g/mol. The molecule has 1 atom stereocenters. The first-order chi connectivity index (χ1) is 10.2. The summed E-state index contributed by atoms with van der Waals surface area (Å²) in [6.45, 7) is 2.65. The highest BCUT2D eigenvalue weighted by Crippen LogP contribution is 2.33. The van der Waals surface area contributed by atoms with E-state index in [4.69, 9.17) is 0 Å². The zero-order valence-corrected chi connectivity index (χ0v) is 12.1. The third-order valence-corrected chi connectivity index (χ3v) is 3.99. The summed E-state index contributed by atoms with van der Waals surface area (Å²) < 4.78 is 0. The Morgan fingerprint density at radius 1 is 1.14 bits per heavy atom. The van der Waals surface area contributed by atoms with E-state index in [1.54, 1.807) is 4.90 Å². The molecule has 1 N–H and O–H groups in total. The highest BCUT2D eigenvalue weighted by molar-refractivity contribution is 6.06. The van der Waals surface area contributed by atoms with E-state index in [1.165, 1.54) is 0 Å². The summed E-state index contributed by atoms with van der Waals surface area (Å²) in [6.07, 6.45) is 0.999. The van der Waals surface area contributed by atoms with Crippen LogP contribution in [0.5, 0.6) is 0 Å². The second kappa shape index (κ2) is 5.70. The summed E-state index contributed by atoms with van der Waals surface area (Å²) in [6, 6.07) is 15.3. The Labute approximate surface area is 124 Å². The summed E-state index contributed by atoms with van der Waals surface area (Å²) in [5.41, 5.74) is 3.49. The largest absolute Gasteiger partial charge is 0.388 e. The molecule has 2 aromatic carbocycles. The van der Waals surface area contributed by atoms with Crippen molar-refractivity contribution in [3.05, 3.63) is 65.2 Å². The van der Waals surface area contributed by atoms with Crippen molar-refractivity contribution in [3.63, 3.8) is 0 Å². The van der Waals surface area contributed by atoms with Crippen LogP contribution in [0.25, 0.3) is 0 Å². The number of carbonyl (C=O) groups excluding carboxylic acids is 1. The van der Waals surface area contributed by atoms with Gasteiger partial charge in [-0.15, -0.1) is 0 Å². The number of aliphatic hydroxyl groups excluding tert-OH is 1. The number of nitrogens with zero attached hydrogens (tertiary/aromatic N) is 1. The minimum Gasteiger partial charge on any atom is -0.388 e. The van der Waals surface area contributed by atoms with Crippen LogP contribution in [0.1, 0.15) is 40.4 Å². The SMILES string of the molecule is Cc1ccc(C(=O)N2CCCC(O)c3ccccc32)cc1. The van der Waals surface area contributed by atoms with Crippen LogP contribution in [-0.2, 0) is 0 Å². The van der Waals surface area contributed by atoms with Crippen LogP contribution in [0, 0.1) is 6.92 Å². The van der Waals surface area contributed by atoms with E-state index >= 15 is 0 Å². The molecule has 3 nitrogen and oxygen atoms in total. The molecule has 3 heteroatoms. The monoisotopic (exact) mass is 281 g/mol. The standard InChI is InChI=1S/C18H19NO2/c1-13-8-10-14(11-9-13)18(21)19-12-4-7-17(20)15-5-2-3-6-16(15)19/h2-3,5-6,8-11,17,20H,4,7,12H2,1H3. The molecule has 0 aromatic heterocycles. The number of amides is 1. The minimum absolute atomic E-state index is 0.00319. The number of rotatable bonds is 1. The first kappa shape index (κ1) is 13.8. The lowest BCUT2D eigenvalue weighted by Gasteiger charge is -2.23. The van der Waals surface area contributed by atoms with Gasteiger partial charge < -0.3 is 10.0 Å². The Balaban J connectivity index is 1.99. The van der Waals surface area contributed by atoms with Crippen molar-refractivity contribution in [1.82, 2.24) is 0 Å². The summed E-state index contributed by atoms with van der Waals surface area (Å²) >= 11 is 0. The van der Waals surface area contributed by atoms with E-state index in [0.29, 0.717) is 18.5 Å². The van der Waals surface area contributed by atoms with Gasteiger partial charge in [-0.05, 0) is 38.0 Å². The lowest BCUT2D eigenvalue weighted by atomic mass is 10.0. The molecule has 1 aliphatic heterocycles. The molecule has 1 unspecified atom stereocenters. The van der Waals surface area contributed by atoms with Gasteiger partial charge in [0, 0.05) is 23.4 Å². The van der Waals surface area contributed by atoms with E-state index in [1.807, 2.05) is 55.5 Å². The number of hydrogen-bond donors (Lipinski definition) is 1. The maximum Gasteiger partial charge on any atom is 0.258 e. The van der Waals surface area contributed by atoms with Crippen LogP contribution in [0.3, 0.4) is 0 Å². The van der Waals surface area contributed by atoms with Crippen molar-refractivity contribution in [1.29, 1.82) is 0 Å². The molecule has 0 bridgehead atoms. The average molecular weight is 281 g/mol. The molecule has 0 saturated carbocycles. The molecule has 0 fully saturated rings. The number of fused-ring (bicyclic) bond motifs is 1. The molecule has 1 amide bonds. The Morgan fingerprint density at radius 3 is 2.62 bits per heavy atom. The van der Waals surface area contributed by atoms with Crippen LogP contribution < -0.4 is 4.90 Å². The van der Waals surface area contributed by atoms with Gasteiger partial charge in [0.1, 0.15) is 0 Å². The molecular formula is C18H19NO2. The maximum absolute atomic E-state index is 12.8. The van der Waals surface area contributed by atoms with E-state index in [9.17, 15) is 9.90 Å². The van der Waals surface area contributed by atoms with Gasteiger partial charge in [-0.1, -0.05) is 35.9 Å². The minimum atomic E-state index is -0.489. The van der Waals surface area contributed by atoms with Gasteiger partial charge in [-0.25, -0.2) is 0 Å². The van der Waals surface area contributed by atoms with Crippen molar-refractivity contribution in [2.75, 3.05) is 11.4 Å². The third kappa shape index (κ3) is 2.69. The topological polar surface area (TPSA) is 40.5 Å². The van der Waals surface area contributed by atoms with Gasteiger partial charge in [0.2, 0.25) is 0 Å². The van der Waals surface area contributed by atoms with Gasteiger partial charge >= 0.3 is 0 Å². The van der Waals surface area contributed by atoms with Crippen molar-refractivity contribution < 1.29 is 9.90 Å². The van der Waals surface area contributed by atoms with Crippen molar-refractivity contribution in [2.45, 2.75) is 25.9 Å². The van der Waals surface area contributed by atoms with Gasteiger partial charge in [0.25, 0.3) is 5.91 Å². The molecule has 1 heterocycles. The lowest BCUT2D eigenvalue weighted by molar-refractivity contribution is 0.0986. The fraction of sp³-hybridized carbons (Fsp3) is 0.278. The number of benzene rings is 2. The number of para-hydroxylation sites is 1. The molecule has 0 spiro atoms. The van der Waals surface area contributed by atoms with Gasteiger partial charge in [0.15, 0.2) is 0 Å². The predicted molar refractivity (Wildman–Crippen MR) is 83.5 cm³/mol. The lowest BCUT2D eigenvalue weighted by Crippen LogP contribution is -2.31. The molecule has 0 radical (unpaired) electrons. The van der Waals surface area contributed by atoms with Crippen molar-refractivity contribution in [3.8, 4) is 0 Å². The van der Waals surface area contributed by atoms with E-state index in [0.717, 1.165) is 23.2 Å². The molecule has 108 valence electrons. The smallest absolute Gasteiger partial charge is 0.258 e. The molecule has 21 heavy (non-hydrogen) atoms. The maximum atomic E-state index is 12.8. The number of aryl methyl sites for hydroxylation is 1. The van der Waals surface area contributed by atoms with Gasteiger partial charge in [0.05, 0.1) is 6.10 Å². The number of anilines is 1. The third-order valence-electron chi connectivity index (χ3n) is 3.99. The van der Waals surface area contributed by atoms with E-state index in [2.05, 4.69) is 0 Å². The fourth-order valence-corrected chi connectivity index (χ4v) is 2.80. The highest BCUT2D eigenvalue weighted by Gasteiger charge is 2.25. The van der Waals surface area contributed by atoms with Crippen LogP contribution in [0.4, 0.5) is 5.69 Å². The van der Waals surface area contributed by atoms with Crippen LogP contribution in [-0.4, -0.2) is 17.6 Å². The molecule has 0 saturated heterocycles. The molecule has 0 aliphatic carbocycles. The Hall–Kier alpha value is -2.13. The first-order valence-corrected chi connectivity index (χ1v) is 7.32. The second-order valence-electron chi connectivity index (χ2n) is 5.54. The molecule has 3 rings (SSSR count). The molecule has 2 aromatic rings. The fourth-order valence-electron chi connectivity index (χ4n) is 2.80. The van der Waals surface area contributed by atoms with Crippen LogP contribution >= 0.6 is 0 Å². The van der Waals surface area contributed by atoms with Crippen LogP contribution in [0.15, 0.2) is 48.5 Å². The zero-order valence-electron chi connectivity index (χ0n) is 12.1. The van der Waals surface area contributed by atoms with Crippen molar-refractivity contribution in [2.24, 2.45) is 0 Å². The number of aliphatic hydroxyl groups is 1. The summed E-state index contributed by atoms with van der Waals surface area (Å²) in [5, 5.41) is 10.2. The highest BCUT2D eigenvalue weighted by atomic mass is 16.3. The Morgan fingerprint density at radius 2 is 1.86 bits per heavy atom. The second-order valence-corrected chi connectivity index (χ2v) is 5.54. The molecule has 1 aliphatic rings. The van der Waals surface area contributed by atoms with E-state index in [-0.39, 0.29) is 5.91 Å². The quantitative estimate of drug-likeness (QED) is 0.869. The Bertz CT molecular complexity index is 649. The van der Waals surface area contributed by atoms with Gasteiger partial charge in [-0.3, -0.25) is 4.79 Å². The summed E-state index contributed by atoms with van der Waals surface area (Å²) in [7, 11) is 0. The number of hydrogen-bond acceptors (Lipinski definition) is 2. The normalized spacial score (nSPS) is 18.0. The van der Waals surface area contributed by atoms with Gasteiger partial charge in [-0.2, -0.15) is 0 Å². The average Bonchev–Trinajstić information content (AvgIpc) is 2.67. The summed E-state index contributed by atoms with van der Waals surface area (Å²) in [5.74, 6) is -0.00319. The predicted octanol–water partition coefficient (Wildman–Crippen LogP) is 3.47. The first-order valence-electron chi connectivity index (χ1n) is 7.32. The van der Waals surface area contributed by atoms with Crippen LogP contribution in [0.2, 0.25) is 0 Å². The zero-order chi connectivity index (χ0) is 14.8.